The molecule has 0 aliphatic carbocycles. The van der Waals surface area contributed by atoms with Gasteiger partial charge < -0.3 is 10.5 Å². The molecule has 5 nitrogen and oxygen atoms in total. The lowest BCUT2D eigenvalue weighted by molar-refractivity contribution is 0.414. The van der Waals surface area contributed by atoms with Gasteiger partial charge in [-0.2, -0.15) is 0 Å². The van der Waals surface area contributed by atoms with Crippen LogP contribution in [0.4, 0.5) is 0 Å². The predicted molar refractivity (Wildman–Crippen MR) is 107 cm³/mol. The van der Waals surface area contributed by atoms with E-state index in [-0.39, 0.29) is 6.04 Å². The number of thioether (sulfide) groups is 1. The molecular formula is C18H18Cl2N4OS. The van der Waals surface area contributed by atoms with Crippen LogP contribution in [0.5, 0.6) is 5.75 Å². The van der Waals surface area contributed by atoms with Crippen molar-refractivity contribution in [3.63, 3.8) is 0 Å². The lowest BCUT2D eigenvalue weighted by Crippen LogP contribution is -2.13. The molecule has 1 atom stereocenters. The highest BCUT2D eigenvalue weighted by Crippen LogP contribution is 2.32. The van der Waals surface area contributed by atoms with Crippen molar-refractivity contribution in [2.75, 3.05) is 7.11 Å². The molecule has 0 saturated heterocycles. The fourth-order valence-corrected chi connectivity index (χ4v) is 3.73. The molecule has 0 fully saturated rings. The van der Waals surface area contributed by atoms with Gasteiger partial charge in [0, 0.05) is 10.8 Å². The fraction of sp³-hybridized carbons (Fsp3) is 0.222. The van der Waals surface area contributed by atoms with Crippen LogP contribution in [0.15, 0.2) is 47.6 Å². The van der Waals surface area contributed by atoms with Crippen molar-refractivity contribution in [2.24, 2.45) is 5.73 Å². The summed E-state index contributed by atoms with van der Waals surface area (Å²) in [6, 6.07) is 12.9. The average molecular weight is 409 g/mol. The summed E-state index contributed by atoms with van der Waals surface area (Å²) in [4.78, 5) is 0. The van der Waals surface area contributed by atoms with E-state index >= 15 is 0 Å². The Morgan fingerprint density at radius 2 is 2.00 bits per heavy atom. The van der Waals surface area contributed by atoms with Crippen molar-refractivity contribution in [2.45, 2.75) is 23.9 Å². The van der Waals surface area contributed by atoms with Gasteiger partial charge in [-0.25, -0.2) is 0 Å². The summed E-state index contributed by atoms with van der Waals surface area (Å²) in [5.74, 6) is 2.15. The van der Waals surface area contributed by atoms with E-state index < -0.39 is 0 Å². The van der Waals surface area contributed by atoms with E-state index in [1.165, 1.54) is 0 Å². The topological polar surface area (TPSA) is 66.0 Å². The van der Waals surface area contributed by atoms with Gasteiger partial charge in [-0.15, -0.1) is 10.2 Å². The largest absolute Gasteiger partial charge is 0.497 e. The van der Waals surface area contributed by atoms with Crippen molar-refractivity contribution < 1.29 is 4.74 Å². The molecule has 0 radical (unpaired) electrons. The minimum Gasteiger partial charge on any atom is -0.497 e. The molecule has 8 heteroatoms. The Balaban J connectivity index is 1.96. The number of methoxy groups -OCH3 is 1. The molecule has 0 aliphatic heterocycles. The molecule has 3 aromatic rings. The summed E-state index contributed by atoms with van der Waals surface area (Å²) in [5, 5.41) is 10.4. The molecule has 26 heavy (non-hydrogen) atoms. The number of hydrogen-bond acceptors (Lipinski definition) is 5. The Morgan fingerprint density at radius 1 is 1.19 bits per heavy atom. The van der Waals surface area contributed by atoms with E-state index in [2.05, 4.69) is 10.2 Å². The number of nitrogens with two attached hydrogens (primary N) is 1. The average Bonchev–Trinajstić information content (AvgIpc) is 3.06. The quantitative estimate of drug-likeness (QED) is 0.587. The van der Waals surface area contributed by atoms with Crippen molar-refractivity contribution in [1.82, 2.24) is 14.8 Å². The van der Waals surface area contributed by atoms with Gasteiger partial charge in [0.05, 0.1) is 23.9 Å². The maximum Gasteiger partial charge on any atom is 0.196 e. The third-order valence-electron chi connectivity index (χ3n) is 3.72. The molecule has 0 amide bonds. The number of benzene rings is 2. The molecule has 2 N–H and O–H groups in total. The lowest BCUT2D eigenvalue weighted by atomic mass is 10.2. The highest BCUT2D eigenvalue weighted by molar-refractivity contribution is 7.98. The van der Waals surface area contributed by atoms with E-state index in [4.69, 9.17) is 33.7 Å². The number of ether oxygens (including phenoxy) is 1. The Morgan fingerprint density at radius 3 is 2.73 bits per heavy atom. The molecule has 1 aromatic heterocycles. The monoisotopic (exact) mass is 408 g/mol. The van der Waals surface area contributed by atoms with E-state index in [0.29, 0.717) is 32.5 Å². The van der Waals surface area contributed by atoms with E-state index in [1.54, 1.807) is 37.1 Å². The van der Waals surface area contributed by atoms with Crippen molar-refractivity contribution in [3.05, 3.63) is 63.9 Å². The molecule has 2 aromatic carbocycles. The van der Waals surface area contributed by atoms with Crippen molar-refractivity contribution in [3.8, 4) is 11.4 Å². The van der Waals surface area contributed by atoms with E-state index in [0.717, 1.165) is 11.3 Å². The maximum atomic E-state index is 6.39. The first kappa shape index (κ1) is 19.0. The summed E-state index contributed by atoms with van der Waals surface area (Å²) in [5.41, 5.74) is 7.90. The van der Waals surface area contributed by atoms with Crippen LogP contribution < -0.4 is 10.5 Å². The van der Waals surface area contributed by atoms with Crippen molar-refractivity contribution in [1.29, 1.82) is 0 Å². The smallest absolute Gasteiger partial charge is 0.196 e. The molecular weight excluding hydrogens is 391 g/mol. The summed E-state index contributed by atoms with van der Waals surface area (Å²) in [7, 11) is 1.65. The van der Waals surface area contributed by atoms with E-state index in [1.807, 2.05) is 35.8 Å². The Hall–Kier alpha value is -1.73. The maximum absolute atomic E-state index is 6.39. The van der Waals surface area contributed by atoms with Crippen LogP contribution in [-0.2, 0) is 5.75 Å². The third-order valence-corrected chi connectivity index (χ3v) is 5.27. The van der Waals surface area contributed by atoms with Gasteiger partial charge in [0.25, 0.3) is 0 Å². The minimum atomic E-state index is -0.302. The Labute approximate surface area is 166 Å². The molecule has 0 aliphatic rings. The van der Waals surface area contributed by atoms with Crippen LogP contribution in [0.3, 0.4) is 0 Å². The molecule has 3 rings (SSSR count). The van der Waals surface area contributed by atoms with Crippen LogP contribution >= 0.6 is 35.0 Å². The van der Waals surface area contributed by atoms with Crippen molar-refractivity contribution >= 4 is 35.0 Å². The normalized spacial score (nSPS) is 12.2. The molecule has 1 unspecified atom stereocenters. The summed E-state index contributed by atoms with van der Waals surface area (Å²) < 4.78 is 7.14. The first-order valence-corrected chi connectivity index (χ1v) is 9.66. The van der Waals surface area contributed by atoms with Crippen LogP contribution in [-0.4, -0.2) is 21.9 Å². The second kappa shape index (κ2) is 8.31. The minimum absolute atomic E-state index is 0.302. The summed E-state index contributed by atoms with van der Waals surface area (Å²) in [6.45, 7) is 1.86. The number of nitrogens with zero attached hydrogens (tertiary/aromatic N) is 3. The highest BCUT2D eigenvalue weighted by Gasteiger charge is 2.19. The van der Waals surface area contributed by atoms with Gasteiger partial charge in [-0.3, -0.25) is 4.57 Å². The first-order valence-electron chi connectivity index (χ1n) is 7.91. The zero-order valence-corrected chi connectivity index (χ0v) is 16.6. The summed E-state index contributed by atoms with van der Waals surface area (Å²) in [6.07, 6.45) is 0. The van der Waals surface area contributed by atoms with Crippen LogP contribution in [0, 0.1) is 0 Å². The molecule has 0 bridgehead atoms. The van der Waals surface area contributed by atoms with Gasteiger partial charge >= 0.3 is 0 Å². The van der Waals surface area contributed by atoms with Gasteiger partial charge in [-0.05, 0) is 42.8 Å². The zero-order chi connectivity index (χ0) is 18.7. The molecule has 136 valence electrons. The highest BCUT2D eigenvalue weighted by atomic mass is 35.5. The first-order chi connectivity index (χ1) is 12.5. The number of halogens is 2. The Bertz CT molecular complexity index is 914. The summed E-state index contributed by atoms with van der Waals surface area (Å²) >= 11 is 14.1. The second-order valence-electron chi connectivity index (χ2n) is 5.70. The fourth-order valence-electron chi connectivity index (χ4n) is 2.46. The zero-order valence-electron chi connectivity index (χ0n) is 14.3. The van der Waals surface area contributed by atoms with Gasteiger partial charge in [0.1, 0.15) is 5.75 Å². The third kappa shape index (κ3) is 4.15. The molecule has 0 saturated carbocycles. The number of hydrogen-bond donors (Lipinski definition) is 1. The van der Waals surface area contributed by atoms with Crippen LogP contribution in [0.2, 0.25) is 10.0 Å². The predicted octanol–water partition coefficient (Wildman–Crippen LogP) is 4.89. The number of rotatable bonds is 6. The Kier molecular flexibility index (Phi) is 6.09. The molecule has 0 spiro atoms. The van der Waals surface area contributed by atoms with Gasteiger partial charge in [0.15, 0.2) is 11.0 Å². The standard InChI is InChI=1S/C18H18Cl2N4OS/c1-11(21)17-22-23-18(24(17)16-9-13(19)6-7-15(16)20)26-10-12-4-3-5-14(8-12)25-2/h3-9,11H,10,21H2,1-2H3. The lowest BCUT2D eigenvalue weighted by Gasteiger charge is -2.14. The molecule has 1 heterocycles. The van der Waals surface area contributed by atoms with Crippen LogP contribution in [0.1, 0.15) is 24.4 Å². The number of aromatic nitrogens is 3. The van der Waals surface area contributed by atoms with Gasteiger partial charge in [-0.1, -0.05) is 47.1 Å². The SMILES string of the molecule is COc1cccc(CSc2nnc(C(C)N)n2-c2cc(Cl)ccc2Cl)c1. The van der Waals surface area contributed by atoms with Gasteiger partial charge in [0.2, 0.25) is 0 Å². The second-order valence-corrected chi connectivity index (χ2v) is 7.49. The van der Waals surface area contributed by atoms with Crippen LogP contribution in [0.25, 0.3) is 5.69 Å². The van der Waals surface area contributed by atoms with E-state index in [9.17, 15) is 0 Å².